The minimum atomic E-state index is 0.0338. The van der Waals surface area contributed by atoms with Gasteiger partial charge in [-0.3, -0.25) is 4.79 Å². The Balaban J connectivity index is 3.14. The summed E-state index contributed by atoms with van der Waals surface area (Å²) >= 11 is 0. The van der Waals surface area contributed by atoms with E-state index in [2.05, 4.69) is 6.92 Å². The molecular weight excluding hydrogens is 154 g/mol. The molecule has 0 spiro atoms. The number of rotatable bonds is 6. The predicted octanol–water partition coefficient (Wildman–Crippen LogP) is 1.28. The Kier molecular flexibility index (Phi) is 6.76. The van der Waals surface area contributed by atoms with Gasteiger partial charge in [0.25, 0.3) is 0 Å². The third kappa shape index (κ3) is 6.16. The first kappa shape index (κ1) is 11.4. The van der Waals surface area contributed by atoms with E-state index >= 15 is 0 Å². The van der Waals surface area contributed by atoms with E-state index in [4.69, 9.17) is 4.74 Å². The Morgan fingerprint density at radius 2 is 2.00 bits per heavy atom. The highest BCUT2D eigenvalue weighted by atomic mass is 16.5. The van der Waals surface area contributed by atoms with Gasteiger partial charge in [-0.15, -0.1) is 0 Å². The lowest BCUT2D eigenvalue weighted by atomic mass is 10.3. The second-order valence-electron chi connectivity index (χ2n) is 3.05. The molecule has 0 unspecified atom stereocenters. The summed E-state index contributed by atoms with van der Waals surface area (Å²) in [5.74, 6) is 0.0338. The molecule has 0 aromatic heterocycles. The number of amides is 1. The summed E-state index contributed by atoms with van der Waals surface area (Å²) < 4.78 is 5.17. The summed E-state index contributed by atoms with van der Waals surface area (Å²) in [5, 5.41) is 0. The molecule has 72 valence electrons. The van der Waals surface area contributed by atoms with Crippen LogP contribution >= 0.6 is 0 Å². The molecule has 0 aliphatic rings. The molecule has 3 heteroatoms. The van der Waals surface area contributed by atoms with E-state index < -0.39 is 0 Å². The van der Waals surface area contributed by atoms with Gasteiger partial charge in [-0.1, -0.05) is 19.8 Å². The number of hydrogen-bond acceptors (Lipinski definition) is 2. The Hall–Kier alpha value is -0.570. The van der Waals surface area contributed by atoms with Crippen molar-refractivity contribution in [3.8, 4) is 0 Å². The van der Waals surface area contributed by atoms with E-state index in [-0.39, 0.29) is 12.5 Å². The highest BCUT2D eigenvalue weighted by molar-refractivity contribution is 5.76. The molecule has 0 fully saturated rings. The van der Waals surface area contributed by atoms with Crippen molar-refractivity contribution in [3.63, 3.8) is 0 Å². The zero-order valence-electron chi connectivity index (χ0n) is 8.30. The number of carbonyl (C=O) groups excluding carboxylic acids is 1. The standard InChI is InChI=1S/C9H19NO2/c1-4-5-6-7-12-8-9(11)10(2)3/h4-8H2,1-3H3. The zero-order valence-corrected chi connectivity index (χ0v) is 8.30. The molecule has 0 N–H and O–H groups in total. The molecule has 0 rings (SSSR count). The van der Waals surface area contributed by atoms with Gasteiger partial charge < -0.3 is 9.64 Å². The van der Waals surface area contributed by atoms with Gasteiger partial charge in [-0.2, -0.15) is 0 Å². The van der Waals surface area contributed by atoms with Crippen LogP contribution in [0.25, 0.3) is 0 Å². The fourth-order valence-corrected chi connectivity index (χ4v) is 0.743. The van der Waals surface area contributed by atoms with Crippen molar-refractivity contribution >= 4 is 5.91 Å². The fourth-order valence-electron chi connectivity index (χ4n) is 0.743. The summed E-state index contributed by atoms with van der Waals surface area (Å²) in [6, 6.07) is 0. The van der Waals surface area contributed by atoms with Crippen molar-refractivity contribution in [1.82, 2.24) is 4.90 Å². The number of ether oxygens (including phenoxy) is 1. The van der Waals surface area contributed by atoms with E-state index in [0.29, 0.717) is 6.61 Å². The summed E-state index contributed by atoms with van der Waals surface area (Å²) in [5.41, 5.74) is 0. The lowest BCUT2D eigenvalue weighted by Gasteiger charge is -2.09. The maximum Gasteiger partial charge on any atom is 0.248 e. The van der Waals surface area contributed by atoms with Gasteiger partial charge in [0.15, 0.2) is 0 Å². The number of likely N-dealkylation sites (N-methyl/N-ethyl adjacent to an activating group) is 1. The van der Waals surface area contributed by atoms with E-state index in [0.717, 1.165) is 6.42 Å². The number of unbranched alkanes of at least 4 members (excludes halogenated alkanes) is 2. The molecule has 0 aliphatic heterocycles. The number of nitrogens with zero attached hydrogens (tertiary/aromatic N) is 1. The Labute approximate surface area is 74.7 Å². The second-order valence-corrected chi connectivity index (χ2v) is 3.05. The largest absolute Gasteiger partial charge is 0.372 e. The first-order chi connectivity index (χ1) is 5.68. The summed E-state index contributed by atoms with van der Waals surface area (Å²) in [6.07, 6.45) is 3.42. The second kappa shape index (κ2) is 7.10. The van der Waals surface area contributed by atoms with Crippen LogP contribution in [0.15, 0.2) is 0 Å². The van der Waals surface area contributed by atoms with Crippen LogP contribution in [0, 0.1) is 0 Å². The van der Waals surface area contributed by atoms with Gasteiger partial charge >= 0.3 is 0 Å². The molecule has 0 saturated heterocycles. The summed E-state index contributed by atoms with van der Waals surface area (Å²) in [4.78, 5) is 12.5. The van der Waals surface area contributed by atoms with Crippen LogP contribution in [0.1, 0.15) is 26.2 Å². The van der Waals surface area contributed by atoms with Crippen LogP contribution < -0.4 is 0 Å². The smallest absolute Gasteiger partial charge is 0.248 e. The van der Waals surface area contributed by atoms with E-state index in [1.54, 1.807) is 19.0 Å². The lowest BCUT2D eigenvalue weighted by molar-refractivity contribution is -0.133. The quantitative estimate of drug-likeness (QED) is 0.566. The van der Waals surface area contributed by atoms with Crippen LogP contribution in [0.3, 0.4) is 0 Å². The predicted molar refractivity (Wildman–Crippen MR) is 49.0 cm³/mol. The van der Waals surface area contributed by atoms with E-state index in [1.807, 2.05) is 0 Å². The van der Waals surface area contributed by atoms with Gasteiger partial charge in [-0.25, -0.2) is 0 Å². The van der Waals surface area contributed by atoms with Crippen molar-refractivity contribution in [1.29, 1.82) is 0 Å². The normalized spacial score (nSPS) is 9.92. The van der Waals surface area contributed by atoms with Crippen molar-refractivity contribution in [2.24, 2.45) is 0 Å². The average Bonchev–Trinajstić information content (AvgIpc) is 2.03. The molecule has 0 aliphatic carbocycles. The molecule has 1 amide bonds. The first-order valence-corrected chi connectivity index (χ1v) is 4.46. The maximum absolute atomic E-state index is 11.0. The van der Waals surface area contributed by atoms with Crippen molar-refractivity contribution < 1.29 is 9.53 Å². The molecular formula is C9H19NO2. The summed E-state index contributed by atoms with van der Waals surface area (Å²) in [6.45, 7) is 3.06. The van der Waals surface area contributed by atoms with Gasteiger partial charge in [0.1, 0.15) is 6.61 Å². The monoisotopic (exact) mass is 173 g/mol. The molecule has 0 radical (unpaired) electrons. The molecule has 0 saturated carbocycles. The van der Waals surface area contributed by atoms with Crippen molar-refractivity contribution in [2.75, 3.05) is 27.3 Å². The van der Waals surface area contributed by atoms with Gasteiger partial charge in [0.05, 0.1) is 0 Å². The van der Waals surface area contributed by atoms with Gasteiger partial charge in [-0.05, 0) is 6.42 Å². The van der Waals surface area contributed by atoms with Gasteiger partial charge in [0.2, 0.25) is 5.91 Å². The van der Waals surface area contributed by atoms with Gasteiger partial charge in [0, 0.05) is 20.7 Å². The van der Waals surface area contributed by atoms with Crippen LogP contribution in [0.2, 0.25) is 0 Å². The third-order valence-corrected chi connectivity index (χ3v) is 1.62. The Morgan fingerprint density at radius 3 is 2.50 bits per heavy atom. The maximum atomic E-state index is 11.0. The topological polar surface area (TPSA) is 29.5 Å². The fraction of sp³-hybridized carbons (Fsp3) is 0.889. The molecule has 0 atom stereocenters. The minimum Gasteiger partial charge on any atom is -0.372 e. The molecule has 0 aromatic rings. The Morgan fingerprint density at radius 1 is 1.33 bits per heavy atom. The third-order valence-electron chi connectivity index (χ3n) is 1.62. The zero-order chi connectivity index (χ0) is 9.40. The molecule has 0 aromatic carbocycles. The first-order valence-electron chi connectivity index (χ1n) is 4.46. The van der Waals surface area contributed by atoms with E-state index in [1.165, 1.54) is 12.8 Å². The molecule has 12 heavy (non-hydrogen) atoms. The van der Waals surface area contributed by atoms with E-state index in [9.17, 15) is 4.79 Å². The molecule has 0 heterocycles. The SMILES string of the molecule is CCCCCOCC(=O)N(C)C. The Bertz CT molecular complexity index is 124. The van der Waals surface area contributed by atoms with Crippen LogP contribution in [0.5, 0.6) is 0 Å². The van der Waals surface area contributed by atoms with Crippen molar-refractivity contribution in [3.05, 3.63) is 0 Å². The average molecular weight is 173 g/mol. The highest BCUT2D eigenvalue weighted by Gasteiger charge is 2.02. The molecule has 0 bridgehead atoms. The van der Waals surface area contributed by atoms with Crippen LogP contribution in [-0.2, 0) is 9.53 Å². The number of carbonyl (C=O) groups is 1. The summed E-state index contributed by atoms with van der Waals surface area (Å²) in [7, 11) is 3.47. The van der Waals surface area contributed by atoms with Crippen LogP contribution in [0.4, 0.5) is 0 Å². The van der Waals surface area contributed by atoms with Crippen molar-refractivity contribution in [2.45, 2.75) is 26.2 Å². The lowest BCUT2D eigenvalue weighted by Crippen LogP contribution is -2.26. The number of hydrogen-bond donors (Lipinski definition) is 0. The molecule has 3 nitrogen and oxygen atoms in total. The minimum absolute atomic E-state index is 0.0338. The highest BCUT2D eigenvalue weighted by Crippen LogP contribution is 1.94. The van der Waals surface area contributed by atoms with Crippen LogP contribution in [-0.4, -0.2) is 38.1 Å².